The van der Waals surface area contributed by atoms with Crippen molar-refractivity contribution in [1.29, 1.82) is 0 Å². The van der Waals surface area contributed by atoms with Gasteiger partial charge in [0.05, 0.1) is 12.7 Å². The van der Waals surface area contributed by atoms with Crippen LogP contribution >= 0.6 is 0 Å². The predicted molar refractivity (Wildman–Crippen MR) is 41.6 cm³/mol. The number of amides is 1. The van der Waals surface area contributed by atoms with Gasteiger partial charge in [-0.25, -0.2) is 5.01 Å². The number of rotatable bonds is 4. The molecule has 4 heteroatoms. The normalized spacial score (nSPS) is 9.09. The summed E-state index contributed by atoms with van der Waals surface area (Å²) in [6.45, 7) is 3.98. The molecule has 1 rings (SSSR count). The van der Waals surface area contributed by atoms with Gasteiger partial charge in [-0.2, -0.15) is 9.89 Å². The third-order valence-corrected chi connectivity index (χ3v) is 1.19. The Balaban J connectivity index is 2.70. The van der Waals surface area contributed by atoms with Crippen LogP contribution in [0.2, 0.25) is 0 Å². The largest absolute Gasteiger partial charge is 0.277 e. The van der Waals surface area contributed by atoms with E-state index in [9.17, 15) is 4.79 Å². The molecule has 0 atom stereocenters. The van der Waals surface area contributed by atoms with Gasteiger partial charge in [0.25, 0.3) is 0 Å². The fraction of sp³-hybridized carbons (Fsp3) is 0.143. The van der Waals surface area contributed by atoms with Crippen LogP contribution in [-0.4, -0.2) is 22.8 Å². The number of aromatic nitrogens is 2. The van der Waals surface area contributed by atoms with Crippen LogP contribution in [0.15, 0.2) is 31.1 Å². The lowest BCUT2D eigenvalue weighted by atomic mass is 10.6. The van der Waals surface area contributed by atoms with Gasteiger partial charge >= 0.3 is 0 Å². The van der Waals surface area contributed by atoms with E-state index in [4.69, 9.17) is 0 Å². The van der Waals surface area contributed by atoms with Crippen molar-refractivity contribution < 1.29 is 4.79 Å². The van der Waals surface area contributed by atoms with E-state index in [2.05, 4.69) is 11.7 Å². The molecule has 0 aliphatic carbocycles. The molecule has 58 valence electrons. The third-order valence-electron chi connectivity index (χ3n) is 1.19. The van der Waals surface area contributed by atoms with Gasteiger partial charge in [0, 0.05) is 6.20 Å². The van der Waals surface area contributed by atoms with Crippen molar-refractivity contribution in [1.82, 2.24) is 9.89 Å². The average Bonchev–Trinajstić information content (AvgIpc) is 2.52. The highest BCUT2D eigenvalue weighted by Crippen LogP contribution is 1.85. The first-order chi connectivity index (χ1) is 5.38. The molecule has 0 radical (unpaired) electrons. The Labute approximate surface area is 64.7 Å². The minimum absolute atomic E-state index is 0.463. The molecular weight excluding hydrogens is 142 g/mol. The van der Waals surface area contributed by atoms with Crippen molar-refractivity contribution >= 4 is 6.41 Å². The quantitative estimate of drug-likeness (QED) is 0.454. The van der Waals surface area contributed by atoms with Crippen LogP contribution in [0.5, 0.6) is 0 Å². The zero-order valence-electron chi connectivity index (χ0n) is 6.05. The molecule has 0 saturated carbocycles. The van der Waals surface area contributed by atoms with Crippen molar-refractivity contribution in [3.8, 4) is 0 Å². The van der Waals surface area contributed by atoms with Crippen molar-refractivity contribution in [2.75, 3.05) is 11.6 Å². The molecule has 1 aromatic rings. The van der Waals surface area contributed by atoms with Crippen molar-refractivity contribution in [3.05, 3.63) is 31.1 Å². The maximum atomic E-state index is 10.4. The molecular formula is C7H9N3O. The molecule has 1 aromatic heterocycles. The second kappa shape index (κ2) is 3.55. The minimum Gasteiger partial charge on any atom is -0.277 e. The predicted octanol–water partition coefficient (Wildman–Crippen LogP) is 0.163. The highest BCUT2D eigenvalue weighted by molar-refractivity contribution is 5.60. The van der Waals surface area contributed by atoms with Crippen LogP contribution in [0.4, 0.5) is 0 Å². The molecule has 0 N–H and O–H groups in total. The average molecular weight is 151 g/mol. The first-order valence-corrected chi connectivity index (χ1v) is 3.21. The number of nitrogens with zero attached hydrogens (tertiary/aromatic N) is 3. The van der Waals surface area contributed by atoms with Gasteiger partial charge in [0.1, 0.15) is 0 Å². The van der Waals surface area contributed by atoms with E-state index in [1.807, 2.05) is 0 Å². The van der Waals surface area contributed by atoms with Crippen LogP contribution < -0.4 is 5.01 Å². The Morgan fingerprint density at radius 1 is 1.73 bits per heavy atom. The summed E-state index contributed by atoms with van der Waals surface area (Å²) in [6.07, 6.45) is 5.64. The fourth-order valence-electron chi connectivity index (χ4n) is 0.720. The van der Waals surface area contributed by atoms with Gasteiger partial charge in [-0.3, -0.25) is 4.79 Å². The van der Waals surface area contributed by atoms with Gasteiger partial charge in [-0.15, -0.1) is 6.58 Å². The third kappa shape index (κ3) is 1.67. The Kier molecular flexibility index (Phi) is 2.43. The van der Waals surface area contributed by atoms with Crippen molar-refractivity contribution in [2.45, 2.75) is 0 Å². The Hall–Kier alpha value is -1.58. The lowest BCUT2D eigenvalue weighted by Crippen LogP contribution is -2.33. The zero-order chi connectivity index (χ0) is 8.10. The first kappa shape index (κ1) is 7.53. The van der Waals surface area contributed by atoms with E-state index in [-0.39, 0.29) is 0 Å². The molecule has 0 spiro atoms. The highest BCUT2D eigenvalue weighted by atomic mass is 16.1. The standard InChI is InChI=1S/C7H9N3O/c1-2-5-9(7-11)10-6-3-4-8-10/h2-4,6-7H,1,5H2. The second-order valence-electron chi connectivity index (χ2n) is 1.94. The number of carbonyl (C=O) groups is 1. The van der Waals surface area contributed by atoms with E-state index < -0.39 is 0 Å². The molecule has 0 aliphatic heterocycles. The molecule has 0 fully saturated rings. The fourth-order valence-corrected chi connectivity index (χ4v) is 0.720. The molecule has 0 saturated heterocycles. The van der Waals surface area contributed by atoms with Gasteiger partial charge in [0.2, 0.25) is 6.41 Å². The second-order valence-corrected chi connectivity index (χ2v) is 1.94. The van der Waals surface area contributed by atoms with Crippen molar-refractivity contribution in [2.24, 2.45) is 0 Å². The van der Waals surface area contributed by atoms with E-state index in [1.54, 1.807) is 24.5 Å². The SMILES string of the molecule is C=CCN(C=O)n1cccn1. The van der Waals surface area contributed by atoms with Gasteiger partial charge in [-0.1, -0.05) is 6.08 Å². The summed E-state index contributed by atoms with van der Waals surface area (Å²) in [7, 11) is 0. The minimum atomic E-state index is 0.463. The maximum Gasteiger partial charge on any atom is 0.230 e. The monoisotopic (exact) mass is 151 g/mol. The summed E-state index contributed by atoms with van der Waals surface area (Å²) in [5.41, 5.74) is 0. The van der Waals surface area contributed by atoms with Crippen LogP contribution in [0, 0.1) is 0 Å². The molecule has 4 nitrogen and oxygen atoms in total. The summed E-state index contributed by atoms with van der Waals surface area (Å²) in [5.74, 6) is 0. The lowest BCUT2D eigenvalue weighted by Gasteiger charge is -2.13. The lowest BCUT2D eigenvalue weighted by molar-refractivity contribution is -0.108. The highest BCUT2D eigenvalue weighted by Gasteiger charge is 1.98. The maximum absolute atomic E-state index is 10.4. The van der Waals surface area contributed by atoms with E-state index in [0.29, 0.717) is 13.0 Å². The molecule has 1 amide bonds. The summed E-state index contributed by atoms with van der Waals surface area (Å²) in [5, 5.41) is 5.27. The molecule has 0 aromatic carbocycles. The smallest absolute Gasteiger partial charge is 0.230 e. The van der Waals surface area contributed by atoms with Gasteiger partial charge in [-0.05, 0) is 6.07 Å². The Bertz CT molecular complexity index is 230. The van der Waals surface area contributed by atoms with Crippen LogP contribution in [0.1, 0.15) is 0 Å². The summed E-state index contributed by atoms with van der Waals surface area (Å²) in [6, 6.07) is 1.75. The number of hydrogen-bond acceptors (Lipinski definition) is 2. The molecule has 1 heterocycles. The summed E-state index contributed by atoms with van der Waals surface area (Å²) < 4.78 is 0. The zero-order valence-corrected chi connectivity index (χ0v) is 6.05. The number of hydrogen-bond donors (Lipinski definition) is 0. The van der Waals surface area contributed by atoms with Gasteiger partial charge < -0.3 is 0 Å². The number of carbonyl (C=O) groups excluding carboxylic acids is 1. The van der Waals surface area contributed by atoms with E-state index in [0.717, 1.165) is 0 Å². The molecule has 0 aliphatic rings. The van der Waals surface area contributed by atoms with E-state index >= 15 is 0 Å². The summed E-state index contributed by atoms with van der Waals surface area (Å²) in [4.78, 5) is 11.9. The van der Waals surface area contributed by atoms with Gasteiger partial charge in [0.15, 0.2) is 0 Å². The Morgan fingerprint density at radius 2 is 2.55 bits per heavy atom. The van der Waals surface area contributed by atoms with Crippen molar-refractivity contribution in [3.63, 3.8) is 0 Å². The first-order valence-electron chi connectivity index (χ1n) is 3.21. The summed E-state index contributed by atoms with van der Waals surface area (Å²) >= 11 is 0. The topological polar surface area (TPSA) is 38.1 Å². The Morgan fingerprint density at radius 3 is 3.00 bits per heavy atom. The molecule has 0 bridgehead atoms. The molecule has 11 heavy (non-hydrogen) atoms. The van der Waals surface area contributed by atoms with Crippen LogP contribution in [-0.2, 0) is 4.79 Å². The molecule has 0 unspecified atom stereocenters. The van der Waals surface area contributed by atoms with Crippen LogP contribution in [0.25, 0.3) is 0 Å². The van der Waals surface area contributed by atoms with E-state index in [1.165, 1.54) is 9.80 Å². The van der Waals surface area contributed by atoms with Crippen LogP contribution in [0.3, 0.4) is 0 Å².